The number of hydrogen-bond acceptors (Lipinski definition) is 3. The first-order valence-corrected chi connectivity index (χ1v) is 5.31. The van der Waals surface area contributed by atoms with Gasteiger partial charge in [0.2, 0.25) is 0 Å². The first-order valence-electron chi connectivity index (χ1n) is 4.12. The van der Waals surface area contributed by atoms with Gasteiger partial charge in [0, 0.05) is 5.39 Å². The quantitative estimate of drug-likeness (QED) is 0.856. The predicted molar refractivity (Wildman–Crippen MR) is 59.3 cm³/mol. The molecule has 74 valence electrons. The van der Waals surface area contributed by atoms with Gasteiger partial charge in [0.05, 0.1) is 23.4 Å². The van der Waals surface area contributed by atoms with E-state index in [4.69, 9.17) is 21.4 Å². The van der Waals surface area contributed by atoms with Gasteiger partial charge in [0.25, 0.3) is 0 Å². The maximum Gasteiger partial charge on any atom is 0.174 e. The van der Waals surface area contributed by atoms with Crippen molar-refractivity contribution in [2.75, 3.05) is 7.11 Å². The molecule has 2 nitrogen and oxygen atoms in total. The summed E-state index contributed by atoms with van der Waals surface area (Å²) in [6, 6.07) is 5.53. The average molecular weight is 229 g/mol. The zero-order chi connectivity index (χ0) is 10.1. The van der Waals surface area contributed by atoms with Crippen LogP contribution in [0.15, 0.2) is 18.2 Å². The van der Waals surface area contributed by atoms with Crippen LogP contribution in [0.3, 0.4) is 0 Å². The summed E-state index contributed by atoms with van der Waals surface area (Å²) in [5.41, 5.74) is 0.879. The summed E-state index contributed by atoms with van der Waals surface area (Å²) >= 11 is 7.52. The van der Waals surface area contributed by atoms with E-state index >= 15 is 0 Å². The summed E-state index contributed by atoms with van der Waals surface area (Å²) in [6.07, 6.45) is 0. The van der Waals surface area contributed by atoms with Crippen LogP contribution in [-0.2, 0) is 6.61 Å². The lowest BCUT2D eigenvalue weighted by Gasteiger charge is -1.98. The third kappa shape index (κ3) is 1.47. The Bertz CT molecular complexity index is 464. The van der Waals surface area contributed by atoms with Gasteiger partial charge in [0.1, 0.15) is 0 Å². The smallest absolute Gasteiger partial charge is 0.174 e. The van der Waals surface area contributed by atoms with Crippen molar-refractivity contribution < 1.29 is 9.84 Å². The number of thiophene rings is 1. The molecule has 0 aliphatic carbocycles. The highest BCUT2D eigenvalue weighted by Crippen LogP contribution is 2.37. The van der Waals surface area contributed by atoms with E-state index in [1.165, 1.54) is 11.3 Å². The largest absolute Gasteiger partial charge is 0.487 e. The van der Waals surface area contributed by atoms with Crippen molar-refractivity contribution in [3.63, 3.8) is 0 Å². The second-order valence-corrected chi connectivity index (χ2v) is 4.30. The van der Waals surface area contributed by atoms with Crippen LogP contribution in [0.4, 0.5) is 0 Å². The molecular formula is C10H9ClO2S. The van der Waals surface area contributed by atoms with Gasteiger partial charge in [-0.3, -0.25) is 0 Å². The summed E-state index contributed by atoms with van der Waals surface area (Å²) < 4.78 is 6.10. The van der Waals surface area contributed by atoms with Crippen LogP contribution >= 0.6 is 22.9 Å². The maximum atomic E-state index is 9.13. The highest BCUT2D eigenvalue weighted by Gasteiger charge is 2.09. The number of fused-ring (bicyclic) bond motifs is 1. The van der Waals surface area contributed by atoms with E-state index in [-0.39, 0.29) is 6.61 Å². The van der Waals surface area contributed by atoms with Crippen molar-refractivity contribution in [3.05, 3.63) is 28.8 Å². The monoisotopic (exact) mass is 228 g/mol. The van der Waals surface area contributed by atoms with Crippen LogP contribution in [0.25, 0.3) is 10.1 Å². The molecule has 0 spiro atoms. The van der Waals surface area contributed by atoms with Gasteiger partial charge < -0.3 is 9.84 Å². The Morgan fingerprint density at radius 2 is 2.29 bits per heavy atom. The number of methoxy groups -OCH3 is 1. The van der Waals surface area contributed by atoms with E-state index in [0.29, 0.717) is 5.02 Å². The summed E-state index contributed by atoms with van der Waals surface area (Å²) in [5.74, 6) is 0. The van der Waals surface area contributed by atoms with E-state index in [2.05, 4.69) is 0 Å². The van der Waals surface area contributed by atoms with Crippen LogP contribution < -0.4 is 4.74 Å². The number of rotatable bonds is 2. The van der Waals surface area contributed by atoms with E-state index < -0.39 is 0 Å². The van der Waals surface area contributed by atoms with Crippen LogP contribution in [0.2, 0.25) is 5.02 Å². The summed E-state index contributed by atoms with van der Waals surface area (Å²) in [4.78, 5) is 0. The summed E-state index contributed by atoms with van der Waals surface area (Å²) in [7, 11) is 1.62. The van der Waals surface area contributed by atoms with Gasteiger partial charge >= 0.3 is 0 Å². The number of halogens is 1. The fourth-order valence-electron chi connectivity index (χ4n) is 1.36. The van der Waals surface area contributed by atoms with Gasteiger partial charge in [-0.2, -0.15) is 0 Å². The molecule has 1 N–H and O–H groups in total. The summed E-state index contributed by atoms with van der Waals surface area (Å²) in [6.45, 7) is 0.0214. The topological polar surface area (TPSA) is 29.5 Å². The normalized spacial score (nSPS) is 10.8. The fourth-order valence-corrected chi connectivity index (χ4v) is 2.57. The Morgan fingerprint density at radius 1 is 1.50 bits per heavy atom. The molecule has 2 aromatic rings. The predicted octanol–water partition coefficient (Wildman–Crippen LogP) is 3.06. The molecule has 0 fully saturated rings. The minimum atomic E-state index is 0.0214. The molecule has 0 unspecified atom stereocenters. The zero-order valence-corrected chi connectivity index (χ0v) is 9.15. The number of benzene rings is 1. The van der Waals surface area contributed by atoms with Crippen molar-refractivity contribution in [2.24, 2.45) is 0 Å². The van der Waals surface area contributed by atoms with Crippen molar-refractivity contribution >= 4 is 33.0 Å². The van der Waals surface area contributed by atoms with Crippen molar-refractivity contribution in [1.29, 1.82) is 0 Å². The highest BCUT2D eigenvalue weighted by molar-refractivity contribution is 7.21. The fraction of sp³-hybridized carbons (Fsp3) is 0.200. The number of hydrogen-bond donors (Lipinski definition) is 1. The standard InChI is InChI=1S/C10H9ClO2S/c1-13-9-4-7-6(5-12)2-3-8(11)10(7)14-9/h2-4,12H,5H2,1H3. The molecule has 4 heteroatoms. The molecule has 2 rings (SSSR count). The zero-order valence-electron chi connectivity index (χ0n) is 7.58. The van der Waals surface area contributed by atoms with Crippen molar-refractivity contribution in [3.8, 4) is 5.06 Å². The van der Waals surface area contributed by atoms with Crippen LogP contribution in [-0.4, -0.2) is 12.2 Å². The Morgan fingerprint density at radius 3 is 2.93 bits per heavy atom. The first kappa shape index (κ1) is 9.77. The van der Waals surface area contributed by atoms with Gasteiger partial charge in [0.15, 0.2) is 5.06 Å². The lowest BCUT2D eigenvalue weighted by Crippen LogP contribution is -1.82. The SMILES string of the molecule is COc1cc2c(CO)ccc(Cl)c2s1. The molecule has 0 atom stereocenters. The Hall–Kier alpha value is -0.770. The average Bonchev–Trinajstić information content (AvgIpc) is 2.63. The molecule has 0 amide bonds. The second kappa shape index (κ2) is 3.77. The molecule has 1 heterocycles. The highest BCUT2D eigenvalue weighted by atomic mass is 35.5. The van der Waals surface area contributed by atoms with Crippen LogP contribution in [0.5, 0.6) is 5.06 Å². The lowest BCUT2D eigenvalue weighted by molar-refractivity contribution is 0.283. The number of aliphatic hydroxyl groups is 1. The second-order valence-electron chi connectivity index (χ2n) is 2.88. The lowest BCUT2D eigenvalue weighted by atomic mass is 10.1. The van der Waals surface area contributed by atoms with Crippen molar-refractivity contribution in [1.82, 2.24) is 0 Å². The van der Waals surface area contributed by atoms with Crippen LogP contribution in [0.1, 0.15) is 5.56 Å². The minimum absolute atomic E-state index is 0.0214. The van der Waals surface area contributed by atoms with Crippen LogP contribution in [0, 0.1) is 0 Å². The molecule has 0 aliphatic heterocycles. The van der Waals surface area contributed by atoms with Gasteiger partial charge in [-0.15, -0.1) is 0 Å². The molecule has 0 saturated heterocycles. The van der Waals surface area contributed by atoms with Gasteiger partial charge in [-0.05, 0) is 17.7 Å². The van der Waals surface area contributed by atoms with Crippen molar-refractivity contribution in [2.45, 2.75) is 6.61 Å². The van der Waals surface area contributed by atoms with E-state index in [1.54, 1.807) is 13.2 Å². The molecule has 0 radical (unpaired) electrons. The Labute approximate surface area is 90.7 Å². The molecule has 1 aromatic heterocycles. The number of ether oxygens (including phenoxy) is 1. The van der Waals surface area contributed by atoms with Gasteiger partial charge in [-0.1, -0.05) is 29.0 Å². The van der Waals surface area contributed by atoms with E-state index in [9.17, 15) is 0 Å². The minimum Gasteiger partial charge on any atom is -0.487 e. The molecule has 0 saturated carbocycles. The maximum absolute atomic E-state index is 9.13. The Kier molecular flexibility index (Phi) is 2.63. The molecule has 0 bridgehead atoms. The molecular weight excluding hydrogens is 220 g/mol. The van der Waals surface area contributed by atoms with Gasteiger partial charge in [-0.25, -0.2) is 0 Å². The summed E-state index contributed by atoms with van der Waals surface area (Å²) in [5, 5.41) is 11.6. The third-order valence-corrected chi connectivity index (χ3v) is 3.63. The van der Waals surface area contributed by atoms with E-state index in [0.717, 1.165) is 20.7 Å². The first-order chi connectivity index (χ1) is 6.76. The third-order valence-electron chi connectivity index (χ3n) is 2.07. The molecule has 1 aromatic carbocycles. The Balaban J connectivity index is 2.74. The number of aliphatic hydroxyl groups excluding tert-OH is 1. The van der Waals surface area contributed by atoms with E-state index in [1.807, 2.05) is 12.1 Å². The molecule has 0 aliphatic rings. The molecule has 14 heavy (non-hydrogen) atoms.